The number of nitrogens with one attached hydrogen (secondary N) is 1. The van der Waals surface area contributed by atoms with Crippen LogP contribution in [0.1, 0.15) is 12.0 Å². The minimum Gasteiger partial charge on any atom is -0.455 e. The molecule has 4 nitrogen and oxygen atoms in total. The van der Waals surface area contributed by atoms with Gasteiger partial charge in [-0.1, -0.05) is 23.2 Å². The highest BCUT2D eigenvalue weighted by Gasteiger charge is 2.17. The number of amides is 1. The summed E-state index contributed by atoms with van der Waals surface area (Å²) in [5.41, 5.74) is 8.16. The molecular formula is C15H12Cl2N2O2. The fourth-order valence-electron chi connectivity index (χ4n) is 2.18. The number of nitrogens with two attached hydrogens (primary N) is 1. The van der Waals surface area contributed by atoms with Crippen LogP contribution in [-0.4, -0.2) is 5.91 Å². The van der Waals surface area contributed by atoms with E-state index in [1.165, 1.54) is 0 Å². The zero-order valence-electron chi connectivity index (χ0n) is 11.0. The molecule has 1 aliphatic heterocycles. The molecule has 0 unspecified atom stereocenters. The lowest BCUT2D eigenvalue weighted by Gasteiger charge is -2.19. The van der Waals surface area contributed by atoms with E-state index >= 15 is 0 Å². The number of fused-ring (bicyclic) bond motifs is 1. The summed E-state index contributed by atoms with van der Waals surface area (Å²) >= 11 is 11.8. The van der Waals surface area contributed by atoms with E-state index in [0.29, 0.717) is 40.1 Å². The molecule has 1 aliphatic rings. The van der Waals surface area contributed by atoms with Crippen LogP contribution in [0.3, 0.4) is 0 Å². The van der Waals surface area contributed by atoms with E-state index in [-0.39, 0.29) is 5.91 Å². The molecule has 21 heavy (non-hydrogen) atoms. The van der Waals surface area contributed by atoms with Gasteiger partial charge in [0.15, 0.2) is 5.75 Å². The smallest absolute Gasteiger partial charge is 0.224 e. The van der Waals surface area contributed by atoms with Crippen molar-refractivity contribution in [2.45, 2.75) is 12.8 Å². The zero-order chi connectivity index (χ0) is 15.0. The topological polar surface area (TPSA) is 64.3 Å². The number of carbonyl (C=O) groups excluding carboxylic acids is 1. The lowest BCUT2D eigenvalue weighted by Crippen LogP contribution is -2.19. The molecule has 3 rings (SSSR count). The van der Waals surface area contributed by atoms with Crippen LogP contribution in [0.5, 0.6) is 11.5 Å². The lowest BCUT2D eigenvalue weighted by atomic mass is 10.0. The third kappa shape index (κ3) is 2.91. The number of carbonyl (C=O) groups is 1. The van der Waals surface area contributed by atoms with Crippen LogP contribution in [-0.2, 0) is 11.2 Å². The van der Waals surface area contributed by atoms with Crippen LogP contribution in [0.25, 0.3) is 0 Å². The van der Waals surface area contributed by atoms with Crippen molar-refractivity contribution in [3.8, 4) is 11.5 Å². The molecule has 0 spiro atoms. The minimum atomic E-state index is 0.0000476. The molecule has 0 fully saturated rings. The Kier molecular flexibility index (Phi) is 3.66. The van der Waals surface area contributed by atoms with Crippen molar-refractivity contribution in [1.82, 2.24) is 0 Å². The quantitative estimate of drug-likeness (QED) is 0.812. The van der Waals surface area contributed by atoms with Crippen molar-refractivity contribution in [2.75, 3.05) is 11.1 Å². The van der Waals surface area contributed by atoms with E-state index in [2.05, 4.69) is 5.32 Å². The van der Waals surface area contributed by atoms with Gasteiger partial charge in [-0.15, -0.1) is 0 Å². The van der Waals surface area contributed by atoms with Crippen molar-refractivity contribution in [1.29, 1.82) is 0 Å². The van der Waals surface area contributed by atoms with Gasteiger partial charge in [-0.3, -0.25) is 4.79 Å². The number of rotatable bonds is 2. The second-order valence-electron chi connectivity index (χ2n) is 4.77. The first-order valence-corrected chi connectivity index (χ1v) is 7.13. The second-order valence-corrected chi connectivity index (χ2v) is 5.59. The number of hydrogen-bond donors (Lipinski definition) is 2. The summed E-state index contributed by atoms with van der Waals surface area (Å²) < 4.78 is 5.76. The molecule has 1 amide bonds. The Morgan fingerprint density at radius 2 is 1.90 bits per heavy atom. The molecule has 2 aromatic rings. The van der Waals surface area contributed by atoms with E-state index in [9.17, 15) is 4.79 Å². The van der Waals surface area contributed by atoms with E-state index in [4.69, 9.17) is 33.7 Å². The molecule has 0 atom stereocenters. The zero-order valence-corrected chi connectivity index (χ0v) is 12.5. The standard InChI is InChI=1S/C15H12Cl2N2O2/c16-10-3-2-9(6-11(10)17)21-14-5-8-1-4-15(20)19-13(8)7-12(14)18/h2-3,5-7H,1,4,18H2,(H,19,20). The van der Waals surface area contributed by atoms with Crippen LogP contribution in [0.15, 0.2) is 30.3 Å². The highest BCUT2D eigenvalue weighted by Crippen LogP contribution is 2.36. The first-order chi connectivity index (χ1) is 10.0. The van der Waals surface area contributed by atoms with E-state index in [0.717, 1.165) is 11.3 Å². The fourth-order valence-corrected chi connectivity index (χ4v) is 2.47. The highest BCUT2D eigenvalue weighted by molar-refractivity contribution is 6.42. The molecular weight excluding hydrogens is 311 g/mol. The molecule has 1 heterocycles. The Hall–Kier alpha value is -1.91. The summed E-state index contributed by atoms with van der Waals surface area (Å²) in [5, 5.41) is 3.67. The summed E-state index contributed by atoms with van der Waals surface area (Å²) in [4.78, 5) is 11.4. The number of nitrogen functional groups attached to an aromatic ring is 1. The molecule has 0 saturated carbocycles. The van der Waals surface area contributed by atoms with Crippen LogP contribution in [0, 0.1) is 0 Å². The molecule has 2 aromatic carbocycles. The minimum absolute atomic E-state index is 0.0000476. The Bertz CT molecular complexity index is 732. The first kappa shape index (κ1) is 14.0. The van der Waals surface area contributed by atoms with Gasteiger partial charge in [-0.25, -0.2) is 0 Å². The fraction of sp³-hybridized carbons (Fsp3) is 0.133. The largest absolute Gasteiger partial charge is 0.455 e. The van der Waals surface area contributed by atoms with Gasteiger partial charge in [0.1, 0.15) is 5.75 Å². The van der Waals surface area contributed by atoms with Gasteiger partial charge in [0.05, 0.1) is 15.7 Å². The maximum atomic E-state index is 11.4. The molecule has 0 saturated heterocycles. The van der Waals surface area contributed by atoms with Gasteiger partial charge in [-0.05, 0) is 36.2 Å². The van der Waals surface area contributed by atoms with Crippen molar-refractivity contribution in [3.63, 3.8) is 0 Å². The second kappa shape index (κ2) is 5.47. The van der Waals surface area contributed by atoms with E-state index < -0.39 is 0 Å². The van der Waals surface area contributed by atoms with E-state index in [1.54, 1.807) is 24.3 Å². The number of aryl methyl sites for hydroxylation is 1. The van der Waals surface area contributed by atoms with Gasteiger partial charge in [0.2, 0.25) is 5.91 Å². The monoisotopic (exact) mass is 322 g/mol. The third-order valence-electron chi connectivity index (χ3n) is 3.25. The van der Waals surface area contributed by atoms with Crippen molar-refractivity contribution in [2.24, 2.45) is 0 Å². The number of halogens is 2. The highest BCUT2D eigenvalue weighted by atomic mass is 35.5. The van der Waals surface area contributed by atoms with Crippen LogP contribution < -0.4 is 15.8 Å². The van der Waals surface area contributed by atoms with Crippen LogP contribution in [0.4, 0.5) is 11.4 Å². The van der Waals surface area contributed by atoms with Gasteiger partial charge in [0.25, 0.3) is 0 Å². The Morgan fingerprint density at radius 1 is 1.10 bits per heavy atom. The molecule has 0 aliphatic carbocycles. The number of hydrogen-bond acceptors (Lipinski definition) is 3. The van der Waals surface area contributed by atoms with Gasteiger partial charge < -0.3 is 15.8 Å². The number of anilines is 2. The third-order valence-corrected chi connectivity index (χ3v) is 3.99. The normalized spacial score (nSPS) is 13.5. The molecule has 0 radical (unpaired) electrons. The molecule has 6 heteroatoms. The lowest BCUT2D eigenvalue weighted by molar-refractivity contribution is -0.116. The molecule has 108 valence electrons. The van der Waals surface area contributed by atoms with Crippen LogP contribution in [0.2, 0.25) is 10.0 Å². The Balaban J connectivity index is 1.92. The average Bonchev–Trinajstić information content (AvgIpc) is 2.44. The van der Waals surface area contributed by atoms with Gasteiger partial charge in [-0.2, -0.15) is 0 Å². The Morgan fingerprint density at radius 3 is 2.67 bits per heavy atom. The Labute approximate surface area is 131 Å². The number of benzene rings is 2. The van der Waals surface area contributed by atoms with Crippen molar-refractivity contribution >= 4 is 40.5 Å². The number of ether oxygens (including phenoxy) is 1. The van der Waals surface area contributed by atoms with Gasteiger partial charge in [0, 0.05) is 18.2 Å². The predicted octanol–water partition coefficient (Wildman–Crippen LogP) is 4.25. The maximum absolute atomic E-state index is 11.4. The maximum Gasteiger partial charge on any atom is 0.224 e. The first-order valence-electron chi connectivity index (χ1n) is 6.38. The molecule has 3 N–H and O–H groups in total. The summed E-state index contributed by atoms with van der Waals surface area (Å²) in [6.07, 6.45) is 1.13. The van der Waals surface area contributed by atoms with Crippen molar-refractivity contribution < 1.29 is 9.53 Å². The molecule has 0 bridgehead atoms. The molecule has 0 aromatic heterocycles. The van der Waals surface area contributed by atoms with E-state index in [1.807, 2.05) is 6.07 Å². The summed E-state index contributed by atoms with van der Waals surface area (Å²) in [7, 11) is 0. The van der Waals surface area contributed by atoms with Gasteiger partial charge >= 0.3 is 0 Å². The summed E-state index contributed by atoms with van der Waals surface area (Å²) in [6.45, 7) is 0. The van der Waals surface area contributed by atoms with Crippen molar-refractivity contribution in [3.05, 3.63) is 45.9 Å². The summed E-state index contributed by atoms with van der Waals surface area (Å²) in [6, 6.07) is 8.55. The van der Waals surface area contributed by atoms with Crippen LogP contribution >= 0.6 is 23.2 Å². The SMILES string of the molecule is Nc1cc2c(cc1Oc1ccc(Cl)c(Cl)c1)CCC(=O)N2. The average molecular weight is 323 g/mol. The predicted molar refractivity (Wildman–Crippen MR) is 84.3 cm³/mol. The summed E-state index contributed by atoms with van der Waals surface area (Å²) in [5.74, 6) is 1.08.